The molecule has 2 rings (SSSR count). The first-order chi connectivity index (χ1) is 9.26. The maximum atomic E-state index is 4.42. The van der Waals surface area contributed by atoms with Crippen LogP contribution in [0.1, 0.15) is 44.0 Å². The van der Waals surface area contributed by atoms with Crippen LogP contribution in [0.4, 0.5) is 0 Å². The van der Waals surface area contributed by atoms with Gasteiger partial charge in [-0.2, -0.15) is 10.2 Å². The maximum absolute atomic E-state index is 4.42. The highest BCUT2D eigenvalue weighted by atomic mass is 15.3. The molecule has 0 spiro atoms. The van der Waals surface area contributed by atoms with Crippen molar-refractivity contribution in [2.45, 2.75) is 39.3 Å². The van der Waals surface area contributed by atoms with Gasteiger partial charge in [-0.25, -0.2) is 0 Å². The van der Waals surface area contributed by atoms with E-state index in [4.69, 9.17) is 0 Å². The van der Waals surface area contributed by atoms with Crippen molar-refractivity contribution < 1.29 is 0 Å². The fraction of sp³-hybridized carbons (Fsp3) is 0.571. The molecule has 0 aliphatic heterocycles. The lowest BCUT2D eigenvalue weighted by Crippen LogP contribution is -2.25. The summed E-state index contributed by atoms with van der Waals surface area (Å²) in [4.78, 5) is 0. The van der Waals surface area contributed by atoms with Crippen LogP contribution in [0.25, 0.3) is 0 Å². The molecule has 0 saturated carbocycles. The van der Waals surface area contributed by atoms with Crippen LogP contribution in [0.15, 0.2) is 24.7 Å². The van der Waals surface area contributed by atoms with E-state index in [1.54, 1.807) is 0 Å². The molecule has 1 unspecified atom stereocenters. The normalized spacial score (nSPS) is 12.8. The van der Waals surface area contributed by atoms with E-state index in [-0.39, 0.29) is 6.04 Å². The number of rotatable bonds is 7. The van der Waals surface area contributed by atoms with Crippen molar-refractivity contribution in [2.75, 3.05) is 6.54 Å². The number of hydrogen-bond donors (Lipinski definition) is 1. The summed E-state index contributed by atoms with van der Waals surface area (Å²) in [6.45, 7) is 6.28. The van der Waals surface area contributed by atoms with Crippen molar-refractivity contribution in [3.63, 3.8) is 0 Å². The molecule has 2 aromatic heterocycles. The summed E-state index contributed by atoms with van der Waals surface area (Å²) in [7, 11) is 1.95. The van der Waals surface area contributed by atoms with Gasteiger partial charge >= 0.3 is 0 Å². The Labute approximate surface area is 114 Å². The van der Waals surface area contributed by atoms with Gasteiger partial charge in [0.25, 0.3) is 0 Å². The first-order valence-corrected chi connectivity index (χ1v) is 6.99. The van der Waals surface area contributed by atoms with Gasteiger partial charge in [0.1, 0.15) is 0 Å². The van der Waals surface area contributed by atoms with Crippen LogP contribution < -0.4 is 5.32 Å². The third-order valence-corrected chi connectivity index (χ3v) is 3.14. The lowest BCUT2D eigenvalue weighted by Gasteiger charge is -2.18. The summed E-state index contributed by atoms with van der Waals surface area (Å²) in [5, 5.41) is 12.3. The van der Waals surface area contributed by atoms with Crippen molar-refractivity contribution >= 4 is 0 Å². The Hall–Kier alpha value is -1.62. The third kappa shape index (κ3) is 3.23. The first kappa shape index (κ1) is 13.8. The summed E-state index contributed by atoms with van der Waals surface area (Å²) in [5.74, 6) is 0. The maximum Gasteiger partial charge on any atom is 0.0779 e. The molecular weight excluding hydrogens is 238 g/mol. The highest BCUT2D eigenvalue weighted by molar-refractivity contribution is 5.23. The molecule has 1 N–H and O–H groups in total. The Balaban J connectivity index is 2.28. The van der Waals surface area contributed by atoms with E-state index in [9.17, 15) is 0 Å². The molecule has 2 aromatic rings. The standard InChI is InChI=1S/C14H23N5/c1-4-7-15-14(12-10-17-18(3)11-12)13-6-8-16-19(13)9-5-2/h6,8,10-11,14-15H,4-5,7,9H2,1-3H3. The minimum Gasteiger partial charge on any atom is -0.305 e. The molecule has 0 fully saturated rings. The molecular formula is C14H23N5. The first-order valence-electron chi connectivity index (χ1n) is 6.99. The van der Waals surface area contributed by atoms with E-state index >= 15 is 0 Å². The van der Waals surface area contributed by atoms with Gasteiger partial charge in [0.15, 0.2) is 0 Å². The van der Waals surface area contributed by atoms with Gasteiger partial charge in [0.05, 0.1) is 17.9 Å². The highest BCUT2D eigenvalue weighted by Crippen LogP contribution is 2.21. The number of nitrogens with one attached hydrogen (secondary N) is 1. The highest BCUT2D eigenvalue weighted by Gasteiger charge is 2.18. The molecule has 5 nitrogen and oxygen atoms in total. The smallest absolute Gasteiger partial charge is 0.0779 e. The fourth-order valence-electron chi connectivity index (χ4n) is 2.26. The Kier molecular flexibility index (Phi) is 4.74. The van der Waals surface area contributed by atoms with Gasteiger partial charge in [-0.3, -0.25) is 9.36 Å². The second-order valence-electron chi connectivity index (χ2n) is 4.81. The van der Waals surface area contributed by atoms with E-state index in [2.05, 4.69) is 46.3 Å². The van der Waals surface area contributed by atoms with Gasteiger partial charge in [-0.05, 0) is 25.5 Å². The topological polar surface area (TPSA) is 47.7 Å². The van der Waals surface area contributed by atoms with Crippen molar-refractivity contribution in [3.05, 3.63) is 35.9 Å². The summed E-state index contributed by atoms with van der Waals surface area (Å²) < 4.78 is 3.93. The summed E-state index contributed by atoms with van der Waals surface area (Å²) in [6, 6.07) is 2.26. The molecule has 0 radical (unpaired) electrons. The summed E-state index contributed by atoms with van der Waals surface area (Å²) in [6.07, 6.45) is 8.07. The van der Waals surface area contributed by atoms with E-state index in [1.807, 2.05) is 24.1 Å². The van der Waals surface area contributed by atoms with E-state index < -0.39 is 0 Å². The zero-order valence-electron chi connectivity index (χ0n) is 12.0. The Morgan fingerprint density at radius 2 is 2.11 bits per heavy atom. The van der Waals surface area contributed by atoms with Gasteiger partial charge in [-0.1, -0.05) is 13.8 Å². The fourth-order valence-corrected chi connectivity index (χ4v) is 2.26. The van der Waals surface area contributed by atoms with Crippen LogP contribution in [0.5, 0.6) is 0 Å². The lowest BCUT2D eigenvalue weighted by atomic mass is 10.1. The van der Waals surface area contributed by atoms with Crippen LogP contribution in [0.2, 0.25) is 0 Å². The molecule has 104 valence electrons. The number of hydrogen-bond acceptors (Lipinski definition) is 3. The van der Waals surface area contributed by atoms with Crippen molar-refractivity contribution in [1.29, 1.82) is 0 Å². The second-order valence-corrected chi connectivity index (χ2v) is 4.81. The quantitative estimate of drug-likeness (QED) is 0.830. The molecule has 1 atom stereocenters. The predicted octanol–water partition coefficient (Wildman–Crippen LogP) is 2.12. The molecule has 0 amide bonds. The SMILES string of the molecule is CCCNC(c1cnn(C)c1)c1ccnn1CCC. The number of nitrogens with zero attached hydrogens (tertiary/aromatic N) is 4. The van der Waals surface area contributed by atoms with Crippen molar-refractivity contribution in [1.82, 2.24) is 24.9 Å². The lowest BCUT2D eigenvalue weighted by molar-refractivity contribution is 0.511. The molecule has 5 heteroatoms. The average Bonchev–Trinajstić information content (AvgIpc) is 3.01. The third-order valence-electron chi connectivity index (χ3n) is 3.14. The van der Waals surface area contributed by atoms with E-state index in [0.717, 1.165) is 25.9 Å². The van der Waals surface area contributed by atoms with Crippen LogP contribution in [0, 0.1) is 0 Å². The molecule has 0 bridgehead atoms. The number of aryl methyl sites for hydroxylation is 2. The Bertz CT molecular complexity index is 499. The average molecular weight is 261 g/mol. The Morgan fingerprint density at radius 1 is 1.26 bits per heavy atom. The molecule has 0 aromatic carbocycles. The van der Waals surface area contributed by atoms with Gasteiger partial charge in [-0.15, -0.1) is 0 Å². The van der Waals surface area contributed by atoms with Crippen LogP contribution in [0.3, 0.4) is 0 Å². The molecule has 0 saturated heterocycles. The van der Waals surface area contributed by atoms with Crippen LogP contribution >= 0.6 is 0 Å². The van der Waals surface area contributed by atoms with Crippen molar-refractivity contribution in [2.24, 2.45) is 7.05 Å². The Morgan fingerprint density at radius 3 is 2.74 bits per heavy atom. The largest absolute Gasteiger partial charge is 0.305 e. The summed E-state index contributed by atoms with van der Waals surface area (Å²) >= 11 is 0. The minimum atomic E-state index is 0.169. The molecule has 19 heavy (non-hydrogen) atoms. The molecule has 2 heterocycles. The van der Waals surface area contributed by atoms with Gasteiger partial charge in [0, 0.05) is 31.5 Å². The molecule has 0 aliphatic carbocycles. The van der Waals surface area contributed by atoms with Crippen molar-refractivity contribution in [3.8, 4) is 0 Å². The zero-order chi connectivity index (χ0) is 13.7. The summed E-state index contributed by atoms with van der Waals surface area (Å²) in [5.41, 5.74) is 2.40. The van der Waals surface area contributed by atoms with Gasteiger partial charge < -0.3 is 5.32 Å². The van der Waals surface area contributed by atoms with E-state index in [0.29, 0.717) is 0 Å². The molecule has 0 aliphatic rings. The predicted molar refractivity (Wildman–Crippen MR) is 75.9 cm³/mol. The monoisotopic (exact) mass is 261 g/mol. The van der Waals surface area contributed by atoms with Crippen LogP contribution in [-0.2, 0) is 13.6 Å². The van der Waals surface area contributed by atoms with Gasteiger partial charge in [0.2, 0.25) is 0 Å². The zero-order valence-corrected chi connectivity index (χ0v) is 12.0. The number of aromatic nitrogens is 4. The minimum absolute atomic E-state index is 0.169. The second kappa shape index (κ2) is 6.52. The van der Waals surface area contributed by atoms with E-state index in [1.165, 1.54) is 11.3 Å². The van der Waals surface area contributed by atoms with Crippen LogP contribution in [-0.4, -0.2) is 26.1 Å².